The second-order valence-corrected chi connectivity index (χ2v) is 7.24. The second-order valence-electron chi connectivity index (χ2n) is 7.24. The monoisotopic (exact) mass is 445 g/mol. The van der Waals surface area contributed by atoms with Gasteiger partial charge in [-0.15, -0.1) is 0 Å². The molecule has 0 spiro atoms. The molecule has 1 aliphatic heterocycles. The quantitative estimate of drug-likeness (QED) is 0.553. The number of nitrogens with zero attached hydrogens (tertiary/aromatic N) is 4. The maximum absolute atomic E-state index is 14.5. The Hall–Kier alpha value is -3.47. The first-order valence-electron chi connectivity index (χ1n) is 10.4. The van der Waals surface area contributed by atoms with Gasteiger partial charge in [0.2, 0.25) is 11.8 Å². The molecule has 172 valence electrons. The van der Waals surface area contributed by atoms with E-state index >= 15 is 0 Å². The molecule has 3 amide bonds. The minimum atomic E-state index is -0.653. The summed E-state index contributed by atoms with van der Waals surface area (Å²) in [6, 6.07) is 6.43. The number of aromatic nitrogens is 2. The number of rotatable bonds is 7. The van der Waals surface area contributed by atoms with Crippen molar-refractivity contribution in [3.8, 4) is 5.88 Å². The van der Waals surface area contributed by atoms with E-state index in [-0.39, 0.29) is 11.7 Å². The fraction of sp³-hybridized carbons (Fsp3) is 0.429. The van der Waals surface area contributed by atoms with Gasteiger partial charge in [-0.1, -0.05) is 0 Å². The molecule has 0 radical (unpaired) electrons. The van der Waals surface area contributed by atoms with Gasteiger partial charge in [0.1, 0.15) is 11.5 Å². The van der Waals surface area contributed by atoms with Gasteiger partial charge in [0, 0.05) is 52.4 Å². The van der Waals surface area contributed by atoms with Gasteiger partial charge < -0.3 is 20.3 Å². The third-order valence-electron chi connectivity index (χ3n) is 5.06. The fourth-order valence-corrected chi connectivity index (χ4v) is 3.46. The first-order chi connectivity index (χ1) is 15.4. The van der Waals surface area contributed by atoms with Crippen LogP contribution in [-0.2, 0) is 6.54 Å². The molecule has 11 heteroatoms. The first kappa shape index (κ1) is 23.2. The Morgan fingerprint density at radius 2 is 1.91 bits per heavy atom. The van der Waals surface area contributed by atoms with Crippen LogP contribution in [0.3, 0.4) is 0 Å². The normalized spacial score (nSPS) is 14.1. The number of methoxy groups -OCH3 is 1. The minimum Gasteiger partial charge on any atom is -0.481 e. The van der Waals surface area contributed by atoms with Crippen LogP contribution in [0, 0.1) is 5.95 Å². The number of amides is 3. The zero-order valence-corrected chi connectivity index (χ0v) is 18.4. The molecule has 0 unspecified atom stereocenters. The molecular formula is C21H28FN7O3. The Morgan fingerprint density at radius 3 is 2.53 bits per heavy atom. The molecule has 3 heterocycles. The topological polar surface area (TPSA) is 112 Å². The first-order valence-corrected chi connectivity index (χ1v) is 10.4. The Kier molecular flexibility index (Phi) is 7.77. The number of urea groups is 1. The van der Waals surface area contributed by atoms with Crippen LogP contribution < -0.4 is 25.6 Å². The number of piperazine rings is 1. The lowest BCUT2D eigenvalue weighted by atomic mass is 10.2. The van der Waals surface area contributed by atoms with Gasteiger partial charge in [0.25, 0.3) is 5.91 Å². The highest BCUT2D eigenvalue weighted by Gasteiger charge is 2.21. The van der Waals surface area contributed by atoms with Crippen LogP contribution in [0.2, 0.25) is 0 Å². The molecular weight excluding hydrogens is 417 g/mol. The number of ether oxygens (including phenoxy) is 1. The van der Waals surface area contributed by atoms with Gasteiger partial charge >= 0.3 is 6.03 Å². The van der Waals surface area contributed by atoms with Gasteiger partial charge in [-0.2, -0.15) is 9.37 Å². The molecule has 3 rings (SSSR count). The SMILES string of the molecule is CCNC(=O)Nc1cc(CN2CCN(c3ccc(C(=O)NC)nc3F)CC2)cc(OC)n1. The van der Waals surface area contributed by atoms with E-state index in [1.807, 2.05) is 24.0 Å². The van der Waals surface area contributed by atoms with E-state index in [9.17, 15) is 14.0 Å². The van der Waals surface area contributed by atoms with E-state index in [1.165, 1.54) is 20.2 Å². The van der Waals surface area contributed by atoms with Crippen molar-refractivity contribution in [3.63, 3.8) is 0 Å². The highest BCUT2D eigenvalue weighted by Crippen LogP contribution is 2.22. The Balaban J connectivity index is 1.62. The number of nitrogens with one attached hydrogen (secondary N) is 3. The van der Waals surface area contributed by atoms with Crippen LogP contribution in [0.5, 0.6) is 5.88 Å². The number of hydrogen-bond acceptors (Lipinski definition) is 7. The third-order valence-corrected chi connectivity index (χ3v) is 5.06. The Labute approximate surface area is 186 Å². The Morgan fingerprint density at radius 1 is 1.16 bits per heavy atom. The highest BCUT2D eigenvalue weighted by atomic mass is 19.1. The van der Waals surface area contributed by atoms with Crippen molar-refractivity contribution in [1.82, 2.24) is 25.5 Å². The number of hydrogen-bond donors (Lipinski definition) is 3. The van der Waals surface area contributed by atoms with Crippen LogP contribution in [0.4, 0.5) is 20.7 Å². The van der Waals surface area contributed by atoms with Crippen molar-refractivity contribution in [3.05, 3.63) is 41.5 Å². The van der Waals surface area contributed by atoms with Gasteiger partial charge in [-0.3, -0.25) is 15.0 Å². The maximum atomic E-state index is 14.5. The summed E-state index contributed by atoms with van der Waals surface area (Å²) in [5, 5.41) is 7.80. The van der Waals surface area contributed by atoms with Crippen LogP contribution in [0.1, 0.15) is 23.0 Å². The van der Waals surface area contributed by atoms with E-state index in [0.29, 0.717) is 56.7 Å². The lowest BCUT2D eigenvalue weighted by Gasteiger charge is -2.36. The van der Waals surface area contributed by atoms with Crippen molar-refractivity contribution in [1.29, 1.82) is 0 Å². The van der Waals surface area contributed by atoms with E-state index in [0.717, 1.165) is 5.56 Å². The summed E-state index contributed by atoms with van der Waals surface area (Å²) < 4.78 is 19.7. The summed E-state index contributed by atoms with van der Waals surface area (Å²) in [4.78, 5) is 35.6. The molecule has 0 bridgehead atoms. The predicted octanol–water partition coefficient (Wildman–Crippen LogP) is 1.45. The van der Waals surface area contributed by atoms with E-state index in [2.05, 4.69) is 30.8 Å². The number of halogens is 1. The fourth-order valence-electron chi connectivity index (χ4n) is 3.46. The Bertz CT molecular complexity index is 964. The highest BCUT2D eigenvalue weighted by molar-refractivity contribution is 5.92. The molecule has 2 aromatic rings. The molecule has 1 aliphatic rings. The standard InChI is InChI=1S/C21H28FN7O3/c1-4-24-21(31)27-17-11-14(12-18(26-17)32-3)13-28-7-9-29(10-8-28)16-6-5-15(20(30)23-2)25-19(16)22/h5-6,11-12H,4,7-10,13H2,1-3H3,(H,23,30)(H2,24,26,27,31). The van der Waals surface area contributed by atoms with Gasteiger partial charge in [-0.25, -0.2) is 9.78 Å². The summed E-state index contributed by atoms with van der Waals surface area (Å²) in [5.74, 6) is -0.251. The summed E-state index contributed by atoms with van der Waals surface area (Å²) in [6.07, 6.45) is 0. The molecule has 10 nitrogen and oxygen atoms in total. The van der Waals surface area contributed by atoms with Gasteiger partial charge in [-0.05, 0) is 30.7 Å². The smallest absolute Gasteiger partial charge is 0.320 e. The zero-order valence-electron chi connectivity index (χ0n) is 18.4. The second kappa shape index (κ2) is 10.7. The molecule has 2 aromatic heterocycles. The van der Waals surface area contributed by atoms with E-state index in [1.54, 1.807) is 6.07 Å². The van der Waals surface area contributed by atoms with Crippen molar-refractivity contribution < 1.29 is 18.7 Å². The number of pyridine rings is 2. The van der Waals surface area contributed by atoms with Crippen LogP contribution >= 0.6 is 0 Å². The summed E-state index contributed by atoms with van der Waals surface area (Å²) in [5.41, 5.74) is 1.38. The number of anilines is 2. The van der Waals surface area contributed by atoms with Crippen molar-refractivity contribution in [2.45, 2.75) is 13.5 Å². The average molecular weight is 445 g/mol. The predicted molar refractivity (Wildman–Crippen MR) is 119 cm³/mol. The molecule has 3 N–H and O–H groups in total. The van der Waals surface area contributed by atoms with Crippen molar-refractivity contribution >= 4 is 23.4 Å². The number of carbonyl (C=O) groups is 2. The van der Waals surface area contributed by atoms with Gasteiger partial charge in [0.05, 0.1) is 12.8 Å². The van der Waals surface area contributed by atoms with Crippen molar-refractivity contribution in [2.24, 2.45) is 0 Å². The minimum absolute atomic E-state index is 0.0519. The lowest BCUT2D eigenvalue weighted by Crippen LogP contribution is -2.46. The van der Waals surface area contributed by atoms with Crippen LogP contribution in [-0.4, -0.2) is 73.7 Å². The van der Waals surface area contributed by atoms with E-state index in [4.69, 9.17) is 4.74 Å². The molecule has 32 heavy (non-hydrogen) atoms. The number of carbonyl (C=O) groups excluding carboxylic acids is 2. The molecule has 0 saturated carbocycles. The average Bonchev–Trinajstić information content (AvgIpc) is 2.79. The van der Waals surface area contributed by atoms with Crippen LogP contribution in [0.15, 0.2) is 24.3 Å². The zero-order chi connectivity index (χ0) is 23.1. The molecule has 1 fully saturated rings. The summed E-state index contributed by atoms with van der Waals surface area (Å²) in [6.45, 7) is 5.63. The lowest BCUT2D eigenvalue weighted by molar-refractivity contribution is 0.0957. The summed E-state index contributed by atoms with van der Waals surface area (Å²) in [7, 11) is 3.01. The summed E-state index contributed by atoms with van der Waals surface area (Å²) >= 11 is 0. The largest absolute Gasteiger partial charge is 0.481 e. The van der Waals surface area contributed by atoms with E-state index < -0.39 is 11.9 Å². The van der Waals surface area contributed by atoms with Crippen LogP contribution in [0.25, 0.3) is 0 Å². The maximum Gasteiger partial charge on any atom is 0.320 e. The molecule has 0 atom stereocenters. The molecule has 0 aliphatic carbocycles. The third kappa shape index (κ3) is 5.82. The van der Waals surface area contributed by atoms with Gasteiger partial charge in [0.15, 0.2) is 0 Å². The molecule has 0 aromatic carbocycles. The van der Waals surface area contributed by atoms with Crippen molar-refractivity contribution in [2.75, 3.05) is 57.1 Å². The molecule has 1 saturated heterocycles.